The van der Waals surface area contributed by atoms with Gasteiger partial charge in [0, 0.05) is 26.4 Å². The zero-order chi connectivity index (χ0) is 19.8. The highest BCUT2D eigenvalue weighted by molar-refractivity contribution is 9.10. The summed E-state index contributed by atoms with van der Waals surface area (Å²) < 4.78 is 12.7. The molecule has 1 aliphatic rings. The van der Waals surface area contributed by atoms with Crippen LogP contribution in [0.4, 0.5) is 5.69 Å². The monoisotopic (exact) mass is 463 g/mol. The summed E-state index contributed by atoms with van der Waals surface area (Å²) >= 11 is 5.38. The van der Waals surface area contributed by atoms with Gasteiger partial charge in [0.25, 0.3) is 0 Å². The number of rotatable bonds is 3. The fourth-order valence-corrected chi connectivity index (χ4v) is 5.15. The van der Waals surface area contributed by atoms with E-state index in [0.29, 0.717) is 0 Å². The number of para-hydroxylation sites is 1. The van der Waals surface area contributed by atoms with E-state index in [0.717, 1.165) is 44.8 Å². The van der Waals surface area contributed by atoms with E-state index in [1.807, 2.05) is 42.1 Å². The Morgan fingerprint density at radius 3 is 2.83 bits per heavy atom. The summed E-state index contributed by atoms with van der Waals surface area (Å²) in [5.74, 6) is 1.69. The Kier molecular flexibility index (Phi) is 4.94. The normalized spacial score (nSPS) is 16.2. The van der Waals surface area contributed by atoms with Gasteiger partial charge in [-0.3, -0.25) is 0 Å². The quantitative estimate of drug-likeness (QED) is 0.314. The molecule has 0 amide bonds. The second-order valence-electron chi connectivity index (χ2n) is 6.91. The molecule has 4 aromatic rings. The maximum absolute atomic E-state index is 6.18. The van der Waals surface area contributed by atoms with E-state index in [2.05, 4.69) is 58.4 Å². The maximum Gasteiger partial charge on any atom is 0.149 e. The van der Waals surface area contributed by atoms with Gasteiger partial charge < -0.3 is 9.15 Å². The van der Waals surface area contributed by atoms with E-state index >= 15 is 0 Å². The summed E-state index contributed by atoms with van der Waals surface area (Å²) in [4.78, 5) is 6.18. The van der Waals surface area contributed by atoms with Crippen molar-refractivity contribution in [3.8, 4) is 5.75 Å². The molecule has 1 aromatic heterocycles. The SMILES string of the molecule is COc1cccc(C2CC(c3cc4cc(Br)ccc4o3)=Nc3ccccc3S2)c1. The fourth-order valence-electron chi connectivity index (χ4n) is 3.55. The van der Waals surface area contributed by atoms with Crippen LogP contribution in [0.5, 0.6) is 5.75 Å². The van der Waals surface area contributed by atoms with Gasteiger partial charge >= 0.3 is 0 Å². The predicted octanol–water partition coefficient (Wildman–Crippen LogP) is 7.56. The molecular weight excluding hydrogens is 446 g/mol. The zero-order valence-electron chi connectivity index (χ0n) is 15.8. The highest BCUT2D eigenvalue weighted by Crippen LogP contribution is 2.46. The molecule has 0 aliphatic carbocycles. The third-order valence-electron chi connectivity index (χ3n) is 5.00. The van der Waals surface area contributed by atoms with Crippen molar-refractivity contribution in [1.82, 2.24) is 0 Å². The van der Waals surface area contributed by atoms with Crippen LogP contribution in [0.15, 0.2) is 91.6 Å². The summed E-state index contributed by atoms with van der Waals surface area (Å²) in [6.07, 6.45) is 0.771. The molecule has 1 unspecified atom stereocenters. The van der Waals surface area contributed by atoms with Gasteiger partial charge in [-0.1, -0.05) is 40.2 Å². The molecule has 3 nitrogen and oxygen atoms in total. The topological polar surface area (TPSA) is 34.7 Å². The maximum atomic E-state index is 6.18. The first kappa shape index (κ1) is 18.5. The Bertz CT molecular complexity index is 1230. The molecule has 0 fully saturated rings. The molecule has 1 atom stereocenters. The lowest BCUT2D eigenvalue weighted by molar-refractivity contribution is 0.414. The molecular formula is C24H18BrNO2S. The number of fused-ring (bicyclic) bond motifs is 2. The Labute approximate surface area is 181 Å². The molecule has 0 bridgehead atoms. The Morgan fingerprint density at radius 2 is 1.93 bits per heavy atom. The molecule has 0 saturated carbocycles. The standard InChI is InChI=1S/C24H18BrNO2S/c1-27-18-6-4-5-15(12-18)24-14-20(26-19-7-2-3-8-23(19)29-24)22-13-16-11-17(25)9-10-21(16)28-22/h2-13,24H,14H2,1H3. The average Bonchev–Trinajstić information content (AvgIpc) is 3.06. The van der Waals surface area contributed by atoms with E-state index in [4.69, 9.17) is 14.1 Å². The van der Waals surface area contributed by atoms with Crippen molar-refractivity contribution >= 4 is 50.1 Å². The number of ether oxygens (including phenoxy) is 1. The molecule has 144 valence electrons. The largest absolute Gasteiger partial charge is 0.497 e. The number of aliphatic imine (C=N–C) groups is 1. The number of hydrogen-bond acceptors (Lipinski definition) is 4. The third-order valence-corrected chi connectivity index (χ3v) is 6.81. The van der Waals surface area contributed by atoms with Gasteiger partial charge in [-0.2, -0.15) is 0 Å². The van der Waals surface area contributed by atoms with Gasteiger partial charge in [0.2, 0.25) is 0 Å². The highest BCUT2D eigenvalue weighted by Gasteiger charge is 2.24. The van der Waals surface area contributed by atoms with Crippen LogP contribution in [0.3, 0.4) is 0 Å². The second-order valence-corrected chi connectivity index (χ2v) is 9.07. The summed E-state index contributed by atoms with van der Waals surface area (Å²) in [7, 11) is 1.70. The van der Waals surface area contributed by atoms with Crippen LogP contribution >= 0.6 is 27.7 Å². The number of halogens is 1. The van der Waals surface area contributed by atoms with Crippen molar-refractivity contribution < 1.29 is 9.15 Å². The fraction of sp³-hybridized carbons (Fsp3) is 0.125. The van der Waals surface area contributed by atoms with Gasteiger partial charge in [-0.15, -0.1) is 11.8 Å². The Morgan fingerprint density at radius 1 is 1.03 bits per heavy atom. The number of benzene rings is 3. The van der Waals surface area contributed by atoms with Crippen molar-refractivity contribution in [2.24, 2.45) is 4.99 Å². The number of thioether (sulfide) groups is 1. The van der Waals surface area contributed by atoms with E-state index in [9.17, 15) is 0 Å². The van der Waals surface area contributed by atoms with Crippen LogP contribution in [0.25, 0.3) is 11.0 Å². The lowest BCUT2D eigenvalue weighted by Gasteiger charge is -2.16. The number of furan rings is 1. The van der Waals surface area contributed by atoms with E-state index in [1.165, 1.54) is 10.5 Å². The lowest BCUT2D eigenvalue weighted by atomic mass is 10.0. The van der Waals surface area contributed by atoms with Crippen molar-refractivity contribution in [1.29, 1.82) is 0 Å². The summed E-state index contributed by atoms with van der Waals surface area (Å²) in [5.41, 5.74) is 4.04. The van der Waals surface area contributed by atoms with Crippen molar-refractivity contribution in [3.05, 3.63) is 88.6 Å². The van der Waals surface area contributed by atoms with E-state index in [1.54, 1.807) is 7.11 Å². The molecule has 0 N–H and O–H groups in total. The van der Waals surface area contributed by atoms with Crippen LogP contribution < -0.4 is 4.74 Å². The minimum atomic E-state index is 0.215. The molecule has 3 aromatic carbocycles. The first-order valence-corrected chi connectivity index (χ1v) is 11.0. The molecule has 29 heavy (non-hydrogen) atoms. The number of nitrogens with zero attached hydrogens (tertiary/aromatic N) is 1. The molecule has 0 radical (unpaired) electrons. The predicted molar refractivity (Wildman–Crippen MR) is 123 cm³/mol. The Hall–Kier alpha value is -2.50. The molecule has 0 saturated heterocycles. The van der Waals surface area contributed by atoms with Crippen molar-refractivity contribution in [2.45, 2.75) is 16.6 Å². The molecule has 2 heterocycles. The second kappa shape index (κ2) is 7.73. The average molecular weight is 464 g/mol. The first-order valence-electron chi connectivity index (χ1n) is 9.36. The molecule has 1 aliphatic heterocycles. The molecule has 5 rings (SSSR count). The van der Waals surface area contributed by atoms with Gasteiger partial charge in [0.1, 0.15) is 17.1 Å². The first-order chi connectivity index (χ1) is 14.2. The summed E-state index contributed by atoms with van der Waals surface area (Å²) in [6.45, 7) is 0. The van der Waals surface area contributed by atoms with E-state index in [-0.39, 0.29) is 5.25 Å². The molecule has 5 heteroatoms. The van der Waals surface area contributed by atoms with Gasteiger partial charge in [-0.05, 0) is 54.1 Å². The summed E-state index contributed by atoms with van der Waals surface area (Å²) in [6, 6.07) is 24.7. The lowest BCUT2D eigenvalue weighted by Crippen LogP contribution is -2.04. The third kappa shape index (κ3) is 3.72. The minimum Gasteiger partial charge on any atom is -0.497 e. The van der Waals surface area contributed by atoms with Gasteiger partial charge in [0.05, 0.1) is 18.5 Å². The van der Waals surface area contributed by atoms with Crippen LogP contribution in [-0.4, -0.2) is 12.8 Å². The van der Waals surface area contributed by atoms with Gasteiger partial charge in [0.15, 0.2) is 0 Å². The molecule has 0 spiro atoms. The summed E-state index contributed by atoms with van der Waals surface area (Å²) in [5, 5.41) is 1.28. The highest BCUT2D eigenvalue weighted by atomic mass is 79.9. The van der Waals surface area contributed by atoms with Crippen LogP contribution in [0.2, 0.25) is 0 Å². The van der Waals surface area contributed by atoms with Gasteiger partial charge in [-0.25, -0.2) is 4.99 Å². The number of hydrogen-bond donors (Lipinski definition) is 0. The van der Waals surface area contributed by atoms with Crippen molar-refractivity contribution in [2.75, 3.05) is 7.11 Å². The number of methoxy groups -OCH3 is 1. The Balaban J connectivity index is 1.61. The van der Waals surface area contributed by atoms with Crippen molar-refractivity contribution in [3.63, 3.8) is 0 Å². The van der Waals surface area contributed by atoms with Crippen LogP contribution in [0.1, 0.15) is 23.0 Å². The zero-order valence-corrected chi connectivity index (χ0v) is 18.2. The minimum absolute atomic E-state index is 0.215. The van der Waals surface area contributed by atoms with Crippen LogP contribution in [-0.2, 0) is 0 Å². The van der Waals surface area contributed by atoms with E-state index < -0.39 is 0 Å². The smallest absolute Gasteiger partial charge is 0.149 e. The van der Waals surface area contributed by atoms with Crippen LogP contribution in [0, 0.1) is 0 Å².